The molecule has 1 aromatic heterocycles. The van der Waals surface area contributed by atoms with Gasteiger partial charge in [-0.2, -0.15) is 18.4 Å². The first kappa shape index (κ1) is 21.2. The summed E-state index contributed by atoms with van der Waals surface area (Å²) in [6, 6.07) is 6.94. The van der Waals surface area contributed by atoms with E-state index in [-0.39, 0.29) is 10.6 Å². The fourth-order valence-corrected chi connectivity index (χ4v) is 4.44. The fraction of sp³-hybridized carbons (Fsp3) is 0.333. The Morgan fingerprint density at radius 1 is 1.28 bits per heavy atom. The summed E-state index contributed by atoms with van der Waals surface area (Å²) >= 11 is 0. The molecule has 11 heteroatoms. The lowest BCUT2D eigenvalue weighted by Gasteiger charge is -2.44. The zero-order valence-electron chi connectivity index (χ0n) is 15.0. The number of halogens is 4. The molecule has 1 aromatic carbocycles. The number of aryl methyl sites for hydroxylation is 1. The van der Waals surface area contributed by atoms with E-state index in [1.807, 2.05) is 0 Å². The largest absolute Gasteiger partial charge is 0.417 e. The molecule has 0 bridgehead atoms. The Hall–Kier alpha value is -2.55. The number of rotatable bonds is 4. The number of aromatic nitrogens is 1. The van der Waals surface area contributed by atoms with Crippen molar-refractivity contribution in [3.63, 3.8) is 0 Å². The van der Waals surface area contributed by atoms with Crippen molar-refractivity contribution >= 4 is 10.0 Å². The van der Waals surface area contributed by atoms with Crippen LogP contribution >= 0.6 is 0 Å². The molecule has 1 aliphatic carbocycles. The summed E-state index contributed by atoms with van der Waals surface area (Å²) in [5.41, 5.74) is -2.09. The van der Waals surface area contributed by atoms with Crippen molar-refractivity contribution in [3.8, 4) is 17.3 Å². The molecule has 2 N–H and O–H groups in total. The number of pyridine rings is 1. The van der Waals surface area contributed by atoms with Gasteiger partial charge < -0.3 is 5.11 Å². The van der Waals surface area contributed by atoms with Crippen LogP contribution in [0.1, 0.15) is 24.1 Å². The third-order valence-corrected chi connectivity index (χ3v) is 6.27. The summed E-state index contributed by atoms with van der Waals surface area (Å²) in [6.07, 6.45) is -6.34. The number of benzene rings is 1. The molecule has 6 nitrogen and oxygen atoms in total. The number of hydrogen-bond acceptors (Lipinski definition) is 5. The van der Waals surface area contributed by atoms with Gasteiger partial charge in [-0.3, -0.25) is 0 Å². The number of nitriles is 1. The van der Waals surface area contributed by atoms with E-state index in [4.69, 9.17) is 5.26 Å². The molecule has 29 heavy (non-hydrogen) atoms. The SMILES string of the molecule is Cc1cc(S(=O)(=O)NC2CC(O)(C(F)(F)F)C2)ccc1-c1ccc(F)c(C#N)n1. The standard InChI is InChI=1S/C18H15F4N3O3S/c1-10-6-12(2-3-13(10)15-5-4-14(19)16(9-23)24-15)29(27,28)25-11-7-17(26,8-11)18(20,21)22/h2-6,11,25-26H,7-8H2,1H3. The number of nitrogens with zero attached hydrogens (tertiary/aromatic N) is 2. The zero-order valence-corrected chi connectivity index (χ0v) is 15.8. The minimum absolute atomic E-state index is 0.177. The predicted molar refractivity (Wildman–Crippen MR) is 93.4 cm³/mol. The maximum Gasteiger partial charge on any atom is 0.417 e. The van der Waals surface area contributed by atoms with Crippen molar-refractivity contribution in [2.45, 2.75) is 42.5 Å². The van der Waals surface area contributed by atoms with Crippen LogP contribution in [0.3, 0.4) is 0 Å². The van der Waals surface area contributed by atoms with Gasteiger partial charge in [0, 0.05) is 24.4 Å². The van der Waals surface area contributed by atoms with Crippen LogP contribution in [0.5, 0.6) is 0 Å². The molecule has 3 rings (SSSR count). The van der Waals surface area contributed by atoms with Crippen molar-refractivity contribution < 1.29 is 31.1 Å². The molecular weight excluding hydrogens is 414 g/mol. The van der Waals surface area contributed by atoms with Crippen LogP contribution < -0.4 is 4.72 Å². The molecule has 0 amide bonds. The van der Waals surface area contributed by atoms with Gasteiger partial charge in [-0.15, -0.1) is 0 Å². The van der Waals surface area contributed by atoms with Crippen LogP contribution in [0, 0.1) is 24.1 Å². The summed E-state index contributed by atoms with van der Waals surface area (Å²) in [5, 5.41) is 18.3. The van der Waals surface area contributed by atoms with Crippen LogP contribution in [0.2, 0.25) is 0 Å². The number of aliphatic hydroxyl groups is 1. The van der Waals surface area contributed by atoms with Gasteiger partial charge in [-0.1, -0.05) is 6.07 Å². The Morgan fingerprint density at radius 2 is 1.93 bits per heavy atom. The molecule has 2 aromatic rings. The van der Waals surface area contributed by atoms with Crippen LogP contribution in [-0.4, -0.2) is 36.3 Å². The quantitative estimate of drug-likeness (QED) is 0.728. The summed E-state index contributed by atoms with van der Waals surface area (Å²) in [6.45, 7) is 1.58. The van der Waals surface area contributed by atoms with Gasteiger partial charge in [0.1, 0.15) is 6.07 Å². The number of hydrogen-bond donors (Lipinski definition) is 2. The van der Waals surface area contributed by atoms with Crippen molar-refractivity contribution in [2.75, 3.05) is 0 Å². The van der Waals surface area contributed by atoms with Crippen molar-refractivity contribution in [3.05, 3.63) is 47.4 Å². The van der Waals surface area contributed by atoms with E-state index in [0.717, 1.165) is 6.07 Å². The van der Waals surface area contributed by atoms with Crippen LogP contribution in [-0.2, 0) is 10.0 Å². The van der Waals surface area contributed by atoms with E-state index < -0.39 is 52.2 Å². The molecule has 0 aliphatic heterocycles. The third-order valence-electron chi connectivity index (χ3n) is 4.75. The molecule has 0 spiro atoms. The number of nitrogens with one attached hydrogen (secondary N) is 1. The maximum absolute atomic E-state index is 13.4. The molecule has 1 aliphatic rings. The average molecular weight is 429 g/mol. The molecule has 0 saturated heterocycles. The molecule has 0 atom stereocenters. The van der Waals surface area contributed by atoms with Crippen molar-refractivity contribution in [2.24, 2.45) is 0 Å². The van der Waals surface area contributed by atoms with Crippen LogP contribution in [0.15, 0.2) is 35.2 Å². The maximum atomic E-state index is 13.4. The number of alkyl halides is 3. The van der Waals surface area contributed by atoms with E-state index in [0.29, 0.717) is 11.1 Å². The Morgan fingerprint density at radius 3 is 2.48 bits per heavy atom. The van der Waals surface area contributed by atoms with Gasteiger partial charge in [0.05, 0.1) is 10.6 Å². The zero-order chi connectivity index (χ0) is 21.6. The number of sulfonamides is 1. The van der Waals surface area contributed by atoms with E-state index in [2.05, 4.69) is 9.71 Å². The lowest BCUT2D eigenvalue weighted by Crippen LogP contribution is -2.62. The van der Waals surface area contributed by atoms with Gasteiger partial charge in [0.25, 0.3) is 0 Å². The Balaban J connectivity index is 1.81. The van der Waals surface area contributed by atoms with Gasteiger partial charge in [0.2, 0.25) is 10.0 Å². The summed E-state index contributed by atoms with van der Waals surface area (Å²) < 4.78 is 78.5. The highest BCUT2D eigenvalue weighted by Crippen LogP contribution is 2.45. The molecule has 1 saturated carbocycles. The van der Waals surface area contributed by atoms with E-state index in [1.54, 1.807) is 13.0 Å². The lowest BCUT2D eigenvalue weighted by atomic mass is 9.76. The Labute approximate surface area is 163 Å². The first-order chi connectivity index (χ1) is 13.4. The lowest BCUT2D eigenvalue weighted by molar-refractivity contribution is -0.290. The topological polar surface area (TPSA) is 103 Å². The fourth-order valence-electron chi connectivity index (χ4n) is 3.12. The second-order valence-electron chi connectivity index (χ2n) is 6.87. The summed E-state index contributed by atoms with van der Waals surface area (Å²) in [7, 11) is -4.12. The third kappa shape index (κ3) is 3.96. The first-order valence-corrected chi connectivity index (χ1v) is 9.84. The van der Waals surface area contributed by atoms with Gasteiger partial charge in [0.15, 0.2) is 17.1 Å². The Bertz CT molecular complexity index is 1100. The molecule has 154 valence electrons. The van der Waals surface area contributed by atoms with Crippen LogP contribution in [0.25, 0.3) is 11.3 Å². The highest BCUT2D eigenvalue weighted by atomic mass is 32.2. The minimum Gasteiger partial charge on any atom is -0.380 e. The molecule has 1 fully saturated rings. The van der Waals surface area contributed by atoms with Crippen molar-refractivity contribution in [1.82, 2.24) is 9.71 Å². The summed E-state index contributed by atoms with van der Waals surface area (Å²) in [5.74, 6) is -0.781. The molecular formula is C18H15F4N3O3S. The van der Waals surface area contributed by atoms with Crippen LogP contribution in [0.4, 0.5) is 17.6 Å². The second kappa shape index (κ2) is 7.05. The monoisotopic (exact) mass is 429 g/mol. The van der Waals surface area contributed by atoms with Crippen molar-refractivity contribution in [1.29, 1.82) is 5.26 Å². The van der Waals surface area contributed by atoms with E-state index in [1.165, 1.54) is 24.3 Å². The van der Waals surface area contributed by atoms with Gasteiger partial charge in [-0.25, -0.2) is 22.5 Å². The molecule has 1 heterocycles. The van der Waals surface area contributed by atoms with E-state index in [9.17, 15) is 31.1 Å². The highest BCUT2D eigenvalue weighted by Gasteiger charge is 2.61. The smallest absolute Gasteiger partial charge is 0.380 e. The van der Waals surface area contributed by atoms with Gasteiger partial charge >= 0.3 is 6.18 Å². The Kier molecular flexibility index (Phi) is 5.15. The van der Waals surface area contributed by atoms with E-state index >= 15 is 0 Å². The predicted octanol–water partition coefficient (Wildman–Crippen LogP) is 2.80. The normalized spacial score (nSPS) is 22.0. The summed E-state index contributed by atoms with van der Waals surface area (Å²) in [4.78, 5) is 3.71. The highest BCUT2D eigenvalue weighted by molar-refractivity contribution is 7.89. The second-order valence-corrected chi connectivity index (χ2v) is 8.59. The minimum atomic E-state index is -4.82. The first-order valence-electron chi connectivity index (χ1n) is 8.35. The average Bonchev–Trinajstić information content (AvgIpc) is 2.59. The van der Waals surface area contributed by atoms with Gasteiger partial charge in [-0.05, 0) is 36.8 Å². The molecule has 0 unspecified atom stereocenters. The molecule has 0 radical (unpaired) electrons.